The molecule has 3 aromatic carbocycles. The van der Waals surface area contributed by atoms with Gasteiger partial charge in [0.2, 0.25) is 5.95 Å². The van der Waals surface area contributed by atoms with Crippen LogP contribution in [0.15, 0.2) is 65.1 Å². The number of imidazole rings is 1. The molecule has 4 aromatic rings. The summed E-state index contributed by atoms with van der Waals surface area (Å²) >= 11 is 3.08. The molecular weight excluding hydrogens is 495 g/mol. The van der Waals surface area contributed by atoms with E-state index in [0.29, 0.717) is 16.6 Å². The third-order valence-electron chi connectivity index (χ3n) is 4.77. The Balaban J connectivity index is 1.64. The Morgan fingerprint density at radius 3 is 2.52 bits per heavy atom. The molecule has 1 heterocycles. The number of carbonyl (C=O) groups is 3. The number of anilines is 2. The average molecular weight is 511 g/mol. The van der Waals surface area contributed by atoms with Crippen molar-refractivity contribution in [2.24, 2.45) is 0 Å². The number of hydrogen-bond donors (Lipinski definition) is 3. The Labute approximate surface area is 195 Å². The Hall–Kier alpha value is -4.05. The number of amides is 2. The lowest BCUT2D eigenvalue weighted by Crippen LogP contribution is -2.17. The Kier molecular flexibility index (Phi) is 6.18. The number of halogens is 2. The molecule has 0 saturated carbocycles. The van der Waals surface area contributed by atoms with E-state index >= 15 is 0 Å². The van der Waals surface area contributed by atoms with Gasteiger partial charge in [-0.25, -0.2) is 14.2 Å². The average Bonchev–Trinajstić information content (AvgIpc) is 3.22. The molecular formula is C23H16BrFN4O4. The highest BCUT2D eigenvalue weighted by Crippen LogP contribution is 2.24. The predicted molar refractivity (Wildman–Crippen MR) is 124 cm³/mol. The number of benzene rings is 3. The summed E-state index contributed by atoms with van der Waals surface area (Å²) in [6.07, 6.45) is -0.688. The molecule has 0 bridgehead atoms. The van der Waals surface area contributed by atoms with E-state index in [4.69, 9.17) is 0 Å². The van der Waals surface area contributed by atoms with Crippen molar-refractivity contribution in [3.8, 4) is 0 Å². The maximum Gasteiger partial charge on any atom is 0.413 e. The van der Waals surface area contributed by atoms with Crippen LogP contribution in [0.5, 0.6) is 0 Å². The monoisotopic (exact) mass is 510 g/mol. The number of methoxy groups -OCH3 is 1. The summed E-state index contributed by atoms with van der Waals surface area (Å²) < 4.78 is 19.0. The molecule has 10 heteroatoms. The summed E-state index contributed by atoms with van der Waals surface area (Å²) in [4.78, 5) is 44.6. The summed E-state index contributed by atoms with van der Waals surface area (Å²) in [7, 11) is 1.23. The summed E-state index contributed by atoms with van der Waals surface area (Å²) in [5.41, 5.74) is 1.56. The van der Waals surface area contributed by atoms with Gasteiger partial charge in [-0.05, 0) is 52.3 Å². The van der Waals surface area contributed by atoms with Crippen molar-refractivity contribution in [3.05, 3.63) is 87.6 Å². The van der Waals surface area contributed by atoms with E-state index in [-0.39, 0.29) is 27.2 Å². The fourth-order valence-electron chi connectivity index (χ4n) is 3.18. The van der Waals surface area contributed by atoms with Crippen LogP contribution in [0.2, 0.25) is 0 Å². The molecule has 8 nitrogen and oxygen atoms in total. The largest absolute Gasteiger partial charge is 0.453 e. The van der Waals surface area contributed by atoms with Gasteiger partial charge in [0.05, 0.1) is 33.9 Å². The Bertz CT molecular complexity index is 1400. The zero-order valence-electron chi connectivity index (χ0n) is 17.1. The van der Waals surface area contributed by atoms with E-state index in [1.807, 2.05) is 0 Å². The van der Waals surface area contributed by atoms with Crippen LogP contribution in [0.1, 0.15) is 26.3 Å². The van der Waals surface area contributed by atoms with Gasteiger partial charge in [0.1, 0.15) is 0 Å². The maximum atomic E-state index is 14.3. The van der Waals surface area contributed by atoms with Crippen LogP contribution in [0.25, 0.3) is 11.0 Å². The smallest absolute Gasteiger partial charge is 0.413 e. The zero-order chi connectivity index (χ0) is 23.5. The first-order chi connectivity index (χ1) is 15.9. The van der Waals surface area contributed by atoms with E-state index in [9.17, 15) is 18.8 Å². The summed E-state index contributed by atoms with van der Waals surface area (Å²) in [5.74, 6) is -1.48. The molecule has 2 amide bonds. The van der Waals surface area contributed by atoms with Gasteiger partial charge < -0.3 is 15.0 Å². The second-order valence-corrected chi connectivity index (χ2v) is 7.72. The molecule has 0 atom stereocenters. The number of nitrogens with one attached hydrogen (secondary N) is 3. The Morgan fingerprint density at radius 1 is 1.00 bits per heavy atom. The molecule has 33 heavy (non-hydrogen) atoms. The molecule has 0 fully saturated rings. The van der Waals surface area contributed by atoms with E-state index in [2.05, 4.69) is 41.3 Å². The molecule has 0 spiro atoms. The number of aromatic nitrogens is 2. The molecule has 1 aromatic heterocycles. The molecule has 4 rings (SSSR count). The minimum absolute atomic E-state index is 0.0128. The number of ether oxygens (including phenoxy) is 1. The number of aromatic amines is 1. The number of ketones is 1. The molecule has 0 aliphatic heterocycles. The van der Waals surface area contributed by atoms with Crippen molar-refractivity contribution in [2.45, 2.75) is 0 Å². The second kappa shape index (κ2) is 9.21. The third-order valence-corrected chi connectivity index (χ3v) is 5.38. The number of hydrogen-bond acceptors (Lipinski definition) is 5. The van der Waals surface area contributed by atoms with Gasteiger partial charge in [0, 0.05) is 11.1 Å². The van der Waals surface area contributed by atoms with Crippen molar-refractivity contribution in [1.82, 2.24) is 9.97 Å². The van der Waals surface area contributed by atoms with Crippen LogP contribution < -0.4 is 10.6 Å². The van der Waals surface area contributed by atoms with Gasteiger partial charge in [0.25, 0.3) is 5.91 Å². The normalized spacial score (nSPS) is 10.6. The summed E-state index contributed by atoms with van der Waals surface area (Å²) in [6.45, 7) is 0. The van der Waals surface area contributed by atoms with E-state index < -0.39 is 23.6 Å². The lowest BCUT2D eigenvalue weighted by Gasteiger charge is -2.11. The molecule has 166 valence electrons. The number of fused-ring (bicyclic) bond motifs is 1. The van der Waals surface area contributed by atoms with Gasteiger partial charge in [-0.1, -0.05) is 24.3 Å². The SMILES string of the molecule is COC(=O)Nc1nc2ccc(C(=O)c3ccccc3C(=O)Nc3cccc(Br)c3F)cc2[nH]1. The maximum absolute atomic E-state index is 14.3. The van der Waals surface area contributed by atoms with Gasteiger partial charge in [-0.2, -0.15) is 0 Å². The fourth-order valence-corrected chi connectivity index (χ4v) is 3.55. The Morgan fingerprint density at radius 2 is 1.76 bits per heavy atom. The molecule has 0 saturated heterocycles. The van der Waals surface area contributed by atoms with Crippen molar-refractivity contribution >= 4 is 56.4 Å². The van der Waals surface area contributed by atoms with Gasteiger partial charge in [-0.3, -0.25) is 14.9 Å². The first-order valence-corrected chi connectivity index (χ1v) is 10.4. The van der Waals surface area contributed by atoms with E-state index in [0.717, 1.165) is 0 Å². The lowest BCUT2D eigenvalue weighted by molar-refractivity contribution is 0.0996. The molecule has 0 aliphatic carbocycles. The van der Waals surface area contributed by atoms with Crippen LogP contribution >= 0.6 is 15.9 Å². The first kappa shape index (κ1) is 22.2. The zero-order valence-corrected chi connectivity index (χ0v) is 18.7. The lowest BCUT2D eigenvalue weighted by atomic mass is 9.97. The first-order valence-electron chi connectivity index (χ1n) is 9.61. The van der Waals surface area contributed by atoms with Crippen LogP contribution in [0, 0.1) is 5.82 Å². The van der Waals surface area contributed by atoms with E-state index in [1.54, 1.807) is 36.4 Å². The molecule has 3 N–H and O–H groups in total. The standard InChI is InChI=1S/C23H16BrFN4O4/c1-33-23(32)29-22-27-16-10-9-12(11-18(16)28-22)20(30)13-5-2-3-6-14(13)21(31)26-17-8-4-7-15(24)19(17)25/h2-11H,1H3,(H,26,31)(H2,27,28,29,32). The highest BCUT2D eigenvalue weighted by molar-refractivity contribution is 9.10. The topological polar surface area (TPSA) is 113 Å². The summed E-state index contributed by atoms with van der Waals surface area (Å²) in [5, 5.41) is 4.92. The van der Waals surface area contributed by atoms with Gasteiger partial charge in [0.15, 0.2) is 11.6 Å². The summed E-state index contributed by atoms with van der Waals surface area (Å²) in [6, 6.07) is 15.5. The number of rotatable bonds is 5. The molecule has 0 radical (unpaired) electrons. The van der Waals surface area contributed by atoms with Crippen molar-refractivity contribution in [1.29, 1.82) is 0 Å². The van der Waals surface area contributed by atoms with E-state index in [1.165, 1.54) is 31.4 Å². The number of H-pyrrole nitrogens is 1. The van der Waals surface area contributed by atoms with Crippen LogP contribution in [-0.2, 0) is 4.74 Å². The number of carbonyl (C=O) groups excluding carboxylic acids is 3. The minimum atomic E-state index is -0.688. The van der Waals surface area contributed by atoms with Gasteiger partial charge in [-0.15, -0.1) is 0 Å². The molecule has 0 aliphatic rings. The number of nitrogens with zero attached hydrogens (tertiary/aromatic N) is 1. The second-order valence-electron chi connectivity index (χ2n) is 6.86. The van der Waals surface area contributed by atoms with Crippen molar-refractivity contribution in [2.75, 3.05) is 17.7 Å². The van der Waals surface area contributed by atoms with Crippen LogP contribution in [0.3, 0.4) is 0 Å². The predicted octanol–water partition coefficient (Wildman–Crippen LogP) is 5.13. The van der Waals surface area contributed by atoms with Crippen LogP contribution in [0.4, 0.5) is 20.8 Å². The fraction of sp³-hybridized carbons (Fsp3) is 0.0435. The van der Waals surface area contributed by atoms with Crippen LogP contribution in [-0.4, -0.2) is 34.9 Å². The van der Waals surface area contributed by atoms with Crippen molar-refractivity contribution < 1.29 is 23.5 Å². The third kappa shape index (κ3) is 4.60. The quantitative estimate of drug-likeness (QED) is 0.322. The highest BCUT2D eigenvalue weighted by Gasteiger charge is 2.20. The molecule has 0 unspecified atom stereocenters. The van der Waals surface area contributed by atoms with Crippen molar-refractivity contribution in [3.63, 3.8) is 0 Å². The van der Waals surface area contributed by atoms with Gasteiger partial charge >= 0.3 is 6.09 Å². The minimum Gasteiger partial charge on any atom is -0.453 e. The highest BCUT2D eigenvalue weighted by atomic mass is 79.9.